The van der Waals surface area contributed by atoms with Crippen LogP contribution in [0.25, 0.3) is 11.1 Å². The summed E-state index contributed by atoms with van der Waals surface area (Å²) in [7, 11) is 1.54. The monoisotopic (exact) mass is 429 g/mol. The summed E-state index contributed by atoms with van der Waals surface area (Å²) < 4.78 is 5.03. The smallest absolute Gasteiger partial charge is 0.246 e. The largest absolute Gasteiger partial charge is 0.375 e. The van der Waals surface area contributed by atoms with Crippen LogP contribution in [0, 0.1) is 5.92 Å². The molecule has 0 radical (unpaired) electrons. The molecule has 1 N–H and O–H groups in total. The lowest BCUT2D eigenvalue weighted by Crippen LogP contribution is -2.43. The lowest BCUT2D eigenvalue weighted by molar-refractivity contribution is -0.126. The molecule has 1 aliphatic rings. The Morgan fingerprint density at radius 2 is 1.81 bits per heavy atom. The van der Waals surface area contributed by atoms with E-state index < -0.39 is 0 Å². The first-order valence-corrected chi connectivity index (χ1v) is 11.3. The van der Waals surface area contributed by atoms with Gasteiger partial charge in [0.15, 0.2) is 0 Å². The second-order valence-corrected chi connectivity index (χ2v) is 8.43. The molecule has 2 heterocycles. The number of nitrogens with zero attached hydrogens (tertiary/aromatic N) is 2. The first kappa shape index (κ1) is 22.2. The molecular formula is C27H31N3O2. The number of piperidine rings is 1. The Kier molecular flexibility index (Phi) is 7.64. The molecule has 2 atom stereocenters. The Balaban J connectivity index is 1.43. The summed E-state index contributed by atoms with van der Waals surface area (Å²) in [5, 5.41) is 3.16. The maximum absolute atomic E-state index is 12.3. The summed E-state index contributed by atoms with van der Waals surface area (Å²) in [4.78, 5) is 19.3. The van der Waals surface area contributed by atoms with Crippen molar-refractivity contribution in [2.24, 2.45) is 5.92 Å². The van der Waals surface area contributed by atoms with Crippen LogP contribution in [0.2, 0.25) is 0 Å². The van der Waals surface area contributed by atoms with E-state index in [9.17, 15) is 4.79 Å². The second-order valence-electron chi connectivity index (χ2n) is 8.43. The first-order chi connectivity index (χ1) is 15.7. The molecule has 3 aromatic rings. The Morgan fingerprint density at radius 3 is 2.53 bits per heavy atom. The van der Waals surface area contributed by atoms with Crippen molar-refractivity contribution in [1.82, 2.24) is 15.2 Å². The van der Waals surface area contributed by atoms with E-state index in [0.29, 0.717) is 5.92 Å². The summed E-state index contributed by atoms with van der Waals surface area (Å²) in [5.41, 5.74) is 4.70. The van der Waals surface area contributed by atoms with Crippen molar-refractivity contribution in [2.75, 3.05) is 26.8 Å². The van der Waals surface area contributed by atoms with Gasteiger partial charge in [0, 0.05) is 26.4 Å². The quantitative estimate of drug-likeness (QED) is 0.574. The zero-order valence-electron chi connectivity index (χ0n) is 18.6. The number of rotatable bonds is 8. The van der Waals surface area contributed by atoms with E-state index in [1.807, 2.05) is 24.3 Å². The average molecular weight is 430 g/mol. The molecule has 5 nitrogen and oxygen atoms in total. The van der Waals surface area contributed by atoms with E-state index in [0.717, 1.165) is 38.2 Å². The van der Waals surface area contributed by atoms with Gasteiger partial charge in [-0.3, -0.25) is 14.7 Å². The van der Waals surface area contributed by atoms with Crippen LogP contribution in [-0.2, 0) is 16.1 Å². The standard InChI is InChI=1S/C27H31N3O2/c1-32-20-26(31)29-27(25-11-5-6-16-28-25)24-10-7-17-30(19-24)18-21-12-14-23(15-13-21)22-8-3-2-4-9-22/h2-6,8-9,11-16,24,27H,7,10,17-20H2,1H3,(H,29,31)/t24-,27+/m0/s1. The zero-order valence-corrected chi connectivity index (χ0v) is 18.6. The van der Waals surface area contributed by atoms with Gasteiger partial charge >= 0.3 is 0 Å². The van der Waals surface area contributed by atoms with Crippen LogP contribution >= 0.6 is 0 Å². The first-order valence-electron chi connectivity index (χ1n) is 11.3. The van der Waals surface area contributed by atoms with Gasteiger partial charge in [-0.25, -0.2) is 0 Å². The second kappa shape index (κ2) is 11.0. The van der Waals surface area contributed by atoms with Gasteiger partial charge in [0.2, 0.25) is 5.91 Å². The summed E-state index contributed by atoms with van der Waals surface area (Å²) >= 11 is 0. The number of carbonyl (C=O) groups excluding carboxylic acids is 1. The van der Waals surface area contributed by atoms with Gasteiger partial charge < -0.3 is 10.1 Å². The maximum atomic E-state index is 12.3. The zero-order chi connectivity index (χ0) is 22.2. The fourth-order valence-corrected chi connectivity index (χ4v) is 4.54. The highest BCUT2D eigenvalue weighted by Crippen LogP contribution is 2.30. The third-order valence-electron chi connectivity index (χ3n) is 6.08. The van der Waals surface area contributed by atoms with E-state index in [1.165, 1.54) is 16.7 Å². The molecule has 1 aromatic heterocycles. The lowest BCUT2D eigenvalue weighted by atomic mass is 9.88. The fraction of sp³-hybridized carbons (Fsp3) is 0.333. The van der Waals surface area contributed by atoms with Crippen LogP contribution in [0.3, 0.4) is 0 Å². The van der Waals surface area contributed by atoms with E-state index in [4.69, 9.17) is 4.74 Å². The highest BCUT2D eigenvalue weighted by molar-refractivity contribution is 5.77. The van der Waals surface area contributed by atoms with Crippen molar-refractivity contribution >= 4 is 5.91 Å². The van der Waals surface area contributed by atoms with E-state index >= 15 is 0 Å². The number of likely N-dealkylation sites (tertiary alicyclic amines) is 1. The molecule has 0 aliphatic carbocycles. The number of hydrogen-bond donors (Lipinski definition) is 1. The number of carbonyl (C=O) groups is 1. The summed E-state index contributed by atoms with van der Waals surface area (Å²) in [5.74, 6) is 0.208. The lowest BCUT2D eigenvalue weighted by Gasteiger charge is -2.37. The van der Waals surface area contributed by atoms with Gasteiger partial charge in [0.05, 0.1) is 11.7 Å². The van der Waals surface area contributed by atoms with Crippen molar-refractivity contribution < 1.29 is 9.53 Å². The van der Waals surface area contributed by atoms with Gasteiger partial charge in [0.25, 0.3) is 0 Å². The Bertz CT molecular complexity index is 977. The van der Waals surface area contributed by atoms with E-state index in [-0.39, 0.29) is 18.6 Å². The average Bonchev–Trinajstić information content (AvgIpc) is 2.84. The van der Waals surface area contributed by atoms with Crippen molar-refractivity contribution in [1.29, 1.82) is 0 Å². The molecule has 166 valence electrons. The number of hydrogen-bond acceptors (Lipinski definition) is 4. The van der Waals surface area contributed by atoms with Crippen molar-refractivity contribution in [2.45, 2.75) is 25.4 Å². The molecular weight excluding hydrogens is 398 g/mol. The number of ether oxygens (including phenoxy) is 1. The van der Waals surface area contributed by atoms with Crippen molar-refractivity contribution in [3.63, 3.8) is 0 Å². The molecule has 1 aliphatic heterocycles. The van der Waals surface area contributed by atoms with Crippen LogP contribution < -0.4 is 5.32 Å². The topological polar surface area (TPSA) is 54.5 Å². The van der Waals surface area contributed by atoms with Crippen LogP contribution in [0.1, 0.15) is 30.1 Å². The predicted octanol–water partition coefficient (Wildman–Crippen LogP) is 4.46. The normalized spacial score (nSPS) is 17.6. The molecule has 0 saturated carbocycles. The highest BCUT2D eigenvalue weighted by Gasteiger charge is 2.30. The van der Waals surface area contributed by atoms with E-state index in [2.05, 4.69) is 63.7 Å². The molecule has 2 aromatic carbocycles. The van der Waals surface area contributed by atoms with Gasteiger partial charge in [-0.05, 0) is 54.1 Å². The number of methoxy groups -OCH3 is 1. The van der Waals surface area contributed by atoms with Crippen LogP contribution in [0.15, 0.2) is 79.0 Å². The minimum atomic E-state index is -0.109. The van der Waals surface area contributed by atoms with Crippen LogP contribution in [0.5, 0.6) is 0 Å². The molecule has 0 unspecified atom stereocenters. The third kappa shape index (κ3) is 5.81. The number of pyridine rings is 1. The fourth-order valence-electron chi connectivity index (χ4n) is 4.54. The maximum Gasteiger partial charge on any atom is 0.246 e. The summed E-state index contributed by atoms with van der Waals surface area (Å²) in [6.07, 6.45) is 3.97. The molecule has 5 heteroatoms. The number of aromatic nitrogens is 1. The number of amides is 1. The van der Waals surface area contributed by atoms with Gasteiger partial charge in [-0.15, -0.1) is 0 Å². The van der Waals surface area contributed by atoms with Gasteiger partial charge in [-0.1, -0.05) is 60.7 Å². The minimum absolute atomic E-state index is 0.0630. The Morgan fingerprint density at radius 1 is 1.06 bits per heavy atom. The predicted molar refractivity (Wildman–Crippen MR) is 127 cm³/mol. The molecule has 0 bridgehead atoms. The van der Waals surface area contributed by atoms with Crippen molar-refractivity contribution in [3.05, 3.63) is 90.3 Å². The Hall–Kier alpha value is -3.02. The third-order valence-corrected chi connectivity index (χ3v) is 6.08. The Labute approximate surface area is 190 Å². The van der Waals surface area contributed by atoms with Crippen LogP contribution in [-0.4, -0.2) is 42.6 Å². The highest BCUT2D eigenvalue weighted by atomic mass is 16.5. The van der Waals surface area contributed by atoms with Crippen molar-refractivity contribution in [3.8, 4) is 11.1 Å². The van der Waals surface area contributed by atoms with E-state index in [1.54, 1.807) is 13.3 Å². The van der Waals surface area contributed by atoms with Crippen LogP contribution in [0.4, 0.5) is 0 Å². The van der Waals surface area contributed by atoms with Gasteiger partial charge in [0.1, 0.15) is 6.61 Å². The molecule has 1 saturated heterocycles. The molecule has 4 rings (SSSR count). The number of benzene rings is 2. The van der Waals surface area contributed by atoms with Gasteiger partial charge in [-0.2, -0.15) is 0 Å². The molecule has 1 amide bonds. The molecule has 1 fully saturated rings. The SMILES string of the molecule is COCC(=O)N[C@@H](c1ccccn1)[C@H]1CCCN(Cc2ccc(-c3ccccc3)cc2)C1. The minimum Gasteiger partial charge on any atom is -0.375 e. The summed E-state index contributed by atoms with van der Waals surface area (Å²) in [6.45, 7) is 2.97. The number of nitrogens with one attached hydrogen (secondary N) is 1. The molecule has 32 heavy (non-hydrogen) atoms. The summed E-state index contributed by atoms with van der Waals surface area (Å²) in [6, 6.07) is 25.1. The molecule has 0 spiro atoms.